The Balaban J connectivity index is 2.22. The van der Waals surface area contributed by atoms with Crippen molar-refractivity contribution in [3.63, 3.8) is 0 Å². The van der Waals surface area contributed by atoms with Gasteiger partial charge in [0.1, 0.15) is 6.33 Å². The third-order valence-corrected chi connectivity index (χ3v) is 3.10. The van der Waals surface area contributed by atoms with E-state index in [2.05, 4.69) is 27.5 Å². The average molecular weight is 252 g/mol. The number of aromatic nitrogens is 2. The molecule has 6 nitrogen and oxygen atoms in total. The summed E-state index contributed by atoms with van der Waals surface area (Å²) in [6.07, 6.45) is 3.62. The van der Waals surface area contributed by atoms with E-state index in [1.165, 1.54) is 6.33 Å². The van der Waals surface area contributed by atoms with E-state index in [0.29, 0.717) is 24.0 Å². The molecule has 0 spiro atoms. The molecule has 1 aliphatic rings. The lowest BCUT2D eigenvalue weighted by atomic mass is 9.95. The van der Waals surface area contributed by atoms with Gasteiger partial charge < -0.3 is 20.1 Å². The number of nitrogens with one attached hydrogen (secondary N) is 2. The topological polar surface area (TPSA) is 68.3 Å². The second-order valence-corrected chi connectivity index (χ2v) is 4.70. The van der Waals surface area contributed by atoms with Crippen LogP contribution in [0.2, 0.25) is 0 Å². The lowest BCUT2D eigenvalue weighted by molar-refractivity contribution is 0.0538. The number of rotatable bonds is 4. The predicted molar refractivity (Wildman–Crippen MR) is 70.2 cm³/mol. The summed E-state index contributed by atoms with van der Waals surface area (Å²) in [6, 6.07) is 0. The third kappa shape index (κ3) is 2.64. The Labute approximate surface area is 107 Å². The van der Waals surface area contributed by atoms with Crippen molar-refractivity contribution in [3.05, 3.63) is 6.33 Å². The Morgan fingerprint density at radius 3 is 2.78 bits per heavy atom. The summed E-state index contributed by atoms with van der Waals surface area (Å²) in [6.45, 7) is 3.64. The van der Waals surface area contributed by atoms with Crippen molar-refractivity contribution >= 4 is 11.6 Å². The minimum absolute atomic E-state index is 0.106. The van der Waals surface area contributed by atoms with Gasteiger partial charge in [0.05, 0.1) is 19.3 Å². The van der Waals surface area contributed by atoms with Crippen LogP contribution in [0, 0.1) is 0 Å². The average Bonchev–Trinajstić information content (AvgIpc) is 2.38. The summed E-state index contributed by atoms with van der Waals surface area (Å²) in [4.78, 5) is 8.38. The zero-order chi connectivity index (χ0) is 13.0. The maximum Gasteiger partial charge on any atom is 0.204 e. The normalized spacial score (nSPS) is 23.5. The van der Waals surface area contributed by atoms with Crippen molar-refractivity contribution in [2.45, 2.75) is 25.3 Å². The Hall–Kier alpha value is -1.56. The fourth-order valence-electron chi connectivity index (χ4n) is 2.15. The van der Waals surface area contributed by atoms with Crippen LogP contribution >= 0.6 is 0 Å². The lowest BCUT2D eigenvalue weighted by Gasteiger charge is -2.35. The fourth-order valence-corrected chi connectivity index (χ4v) is 2.15. The SMILES string of the molecule is CNc1ncnc(NC2(C)CCCOC2)c1OC. The number of anilines is 2. The molecule has 100 valence electrons. The maximum absolute atomic E-state index is 5.53. The highest BCUT2D eigenvalue weighted by Crippen LogP contribution is 2.32. The third-order valence-electron chi connectivity index (χ3n) is 3.10. The van der Waals surface area contributed by atoms with Crippen LogP contribution in [-0.4, -0.2) is 42.9 Å². The first-order valence-corrected chi connectivity index (χ1v) is 6.11. The molecule has 0 bridgehead atoms. The molecule has 6 heteroatoms. The van der Waals surface area contributed by atoms with Crippen molar-refractivity contribution < 1.29 is 9.47 Å². The molecule has 0 amide bonds. The molecular weight excluding hydrogens is 232 g/mol. The summed E-state index contributed by atoms with van der Waals surface area (Å²) in [5, 5.41) is 6.40. The van der Waals surface area contributed by atoms with Crippen LogP contribution in [0.25, 0.3) is 0 Å². The molecule has 1 aromatic rings. The number of nitrogens with zero attached hydrogens (tertiary/aromatic N) is 2. The van der Waals surface area contributed by atoms with Crippen LogP contribution in [0.3, 0.4) is 0 Å². The van der Waals surface area contributed by atoms with Gasteiger partial charge in [0.25, 0.3) is 0 Å². The molecule has 1 unspecified atom stereocenters. The molecule has 1 aliphatic heterocycles. The van der Waals surface area contributed by atoms with Gasteiger partial charge in [-0.15, -0.1) is 0 Å². The maximum atomic E-state index is 5.53. The van der Waals surface area contributed by atoms with Gasteiger partial charge in [-0.05, 0) is 19.8 Å². The minimum atomic E-state index is -0.106. The van der Waals surface area contributed by atoms with Crippen LogP contribution in [0.4, 0.5) is 11.6 Å². The van der Waals surface area contributed by atoms with Crippen LogP contribution in [0.5, 0.6) is 5.75 Å². The Morgan fingerprint density at radius 1 is 1.39 bits per heavy atom. The van der Waals surface area contributed by atoms with Crippen LogP contribution in [0.15, 0.2) is 6.33 Å². The van der Waals surface area contributed by atoms with E-state index in [1.54, 1.807) is 14.2 Å². The second-order valence-electron chi connectivity index (χ2n) is 4.70. The number of methoxy groups -OCH3 is 1. The molecule has 1 fully saturated rings. The summed E-state index contributed by atoms with van der Waals surface area (Å²) < 4.78 is 10.9. The lowest BCUT2D eigenvalue weighted by Crippen LogP contribution is -2.43. The van der Waals surface area contributed by atoms with E-state index < -0.39 is 0 Å². The van der Waals surface area contributed by atoms with Crippen LogP contribution in [-0.2, 0) is 4.74 Å². The first-order valence-electron chi connectivity index (χ1n) is 6.11. The van der Waals surface area contributed by atoms with Gasteiger partial charge in [0.15, 0.2) is 11.6 Å². The van der Waals surface area contributed by atoms with Crippen LogP contribution < -0.4 is 15.4 Å². The first-order chi connectivity index (χ1) is 8.68. The fraction of sp³-hybridized carbons (Fsp3) is 0.667. The van der Waals surface area contributed by atoms with E-state index >= 15 is 0 Å². The Morgan fingerprint density at radius 2 is 2.17 bits per heavy atom. The quantitative estimate of drug-likeness (QED) is 0.846. The first kappa shape index (κ1) is 12.9. The summed E-state index contributed by atoms with van der Waals surface area (Å²) in [5.74, 6) is 2.01. The molecule has 0 aliphatic carbocycles. The predicted octanol–water partition coefficient (Wildman–Crippen LogP) is 1.51. The van der Waals surface area contributed by atoms with Crippen molar-refractivity contribution in [2.75, 3.05) is 38.0 Å². The highest BCUT2D eigenvalue weighted by molar-refractivity contribution is 5.64. The molecule has 1 atom stereocenters. The van der Waals surface area contributed by atoms with Crippen molar-refractivity contribution in [1.29, 1.82) is 0 Å². The monoisotopic (exact) mass is 252 g/mol. The summed E-state index contributed by atoms with van der Waals surface area (Å²) >= 11 is 0. The van der Waals surface area contributed by atoms with Gasteiger partial charge in [-0.3, -0.25) is 0 Å². The van der Waals surface area contributed by atoms with Gasteiger partial charge >= 0.3 is 0 Å². The van der Waals surface area contributed by atoms with Gasteiger partial charge in [-0.25, -0.2) is 9.97 Å². The van der Waals surface area contributed by atoms with Gasteiger partial charge in [0, 0.05) is 13.7 Å². The highest BCUT2D eigenvalue weighted by atomic mass is 16.5. The Kier molecular flexibility index (Phi) is 3.86. The standard InChI is InChI=1S/C12H20N4O2/c1-12(5-4-6-18-7-12)16-11-9(17-3)10(13-2)14-8-15-11/h8H,4-7H2,1-3H3,(H2,13,14,15,16). The zero-order valence-electron chi connectivity index (χ0n) is 11.1. The van der Waals surface area contributed by atoms with Gasteiger partial charge in [0.2, 0.25) is 5.75 Å². The van der Waals surface area contributed by atoms with E-state index in [0.717, 1.165) is 19.4 Å². The number of ether oxygens (including phenoxy) is 2. The highest BCUT2D eigenvalue weighted by Gasteiger charge is 2.29. The van der Waals surface area contributed by atoms with Crippen molar-refractivity contribution in [2.24, 2.45) is 0 Å². The number of hydrogen-bond acceptors (Lipinski definition) is 6. The molecule has 2 rings (SSSR count). The summed E-state index contributed by atoms with van der Waals surface area (Å²) in [7, 11) is 3.42. The van der Waals surface area contributed by atoms with E-state index in [1.807, 2.05) is 0 Å². The zero-order valence-corrected chi connectivity index (χ0v) is 11.1. The smallest absolute Gasteiger partial charge is 0.204 e. The molecule has 0 saturated carbocycles. The van der Waals surface area contributed by atoms with E-state index in [9.17, 15) is 0 Å². The molecule has 2 heterocycles. The summed E-state index contributed by atoms with van der Waals surface area (Å²) in [5.41, 5.74) is -0.106. The van der Waals surface area contributed by atoms with E-state index in [4.69, 9.17) is 9.47 Å². The van der Waals surface area contributed by atoms with Gasteiger partial charge in [-0.2, -0.15) is 0 Å². The van der Waals surface area contributed by atoms with Gasteiger partial charge in [-0.1, -0.05) is 0 Å². The second kappa shape index (κ2) is 5.39. The largest absolute Gasteiger partial charge is 0.490 e. The molecule has 2 N–H and O–H groups in total. The molecule has 1 saturated heterocycles. The van der Waals surface area contributed by atoms with Crippen molar-refractivity contribution in [3.8, 4) is 5.75 Å². The molecular formula is C12H20N4O2. The molecule has 0 radical (unpaired) electrons. The molecule has 0 aromatic carbocycles. The van der Waals surface area contributed by atoms with Crippen LogP contribution in [0.1, 0.15) is 19.8 Å². The van der Waals surface area contributed by atoms with Crippen molar-refractivity contribution in [1.82, 2.24) is 9.97 Å². The van der Waals surface area contributed by atoms with E-state index in [-0.39, 0.29) is 5.54 Å². The number of hydrogen-bond donors (Lipinski definition) is 2. The molecule has 18 heavy (non-hydrogen) atoms. The minimum Gasteiger partial charge on any atom is -0.490 e. The molecule has 1 aromatic heterocycles. The Bertz CT molecular complexity index is 405.